The number of ether oxygens (including phenoxy) is 2. The molecule has 2 aliphatic rings. The summed E-state index contributed by atoms with van der Waals surface area (Å²) in [7, 11) is 1.51. The molecule has 3 heterocycles. The zero-order valence-corrected chi connectivity index (χ0v) is 15.3. The van der Waals surface area contributed by atoms with Crippen LogP contribution in [0.25, 0.3) is 10.9 Å². The molecule has 3 atom stereocenters. The summed E-state index contributed by atoms with van der Waals surface area (Å²) in [6.07, 6.45) is 3.06. The van der Waals surface area contributed by atoms with E-state index < -0.39 is 5.91 Å². The van der Waals surface area contributed by atoms with Gasteiger partial charge in [0.1, 0.15) is 11.9 Å². The van der Waals surface area contributed by atoms with Gasteiger partial charge in [-0.05, 0) is 24.6 Å². The lowest BCUT2D eigenvalue weighted by atomic mass is 10.0. The molecule has 0 spiro atoms. The molecule has 4 rings (SSSR count). The molecule has 1 aromatic carbocycles. The monoisotopic (exact) mass is 370 g/mol. The number of carbonyl (C=O) groups excluding carboxylic acids is 2. The number of primary amides is 1. The number of fused-ring (bicyclic) bond motifs is 2. The Labute approximate surface area is 156 Å². The summed E-state index contributed by atoms with van der Waals surface area (Å²) in [5.41, 5.74) is 7.40. The lowest BCUT2D eigenvalue weighted by molar-refractivity contribution is 0.0997. The Morgan fingerprint density at radius 3 is 3.00 bits per heavy atom. The van der Waals surface area contributed by atoms with Gasteiger partial charge in [0, 0.05) is 23.8 Å². The van der Waals surface area contributed by atoms with Gasteiger partial charge in [-0.15, -0.1) is 0 Å². The second kappa shape index (κ2) is 6.61. The third kappa shape index (κ3) is 2.81. The SMILES string of the molecule is CCC[C@@H]1[C@@H]2OC(=O)N[C@@H]2CN1c1ccnc2cc(C(N)=O)c(OC)cc12. The smallest absolute Gasteiger partial charge is 0.407 e. The number of hydrogen-bond donors (Lipinski definition) is 2. The predicted molar refractivity (Wildman–Crippen MR) is 100 cm³/mol. The highest BCUT2D eigenvalue weighted by molar-refractivity contribution is 6.02. The fraction of sp³-hybridized carbons (Fsp3) is 0.421. The molecular formula is C19H22N4O4. The first kappa shape index (κ1) is 17.4. The Balaban J connectivity index is 1.81. The highest BCUT2D eigenvalue weighted by Gasteiger charge is 2.49. The zero-order valence-electron chi connectivity index (χ0n) is 15.3. The number of hydrogen-bond acceptors (Lipinski definition) is 6. The lowest BCUT2D eigenvalue weighted by Crippen LogP contribution is -2.36. The van der Waals surface area contributed by atoms with Crippen molar-refractivity contribution in [3.8, 4) is 5.75 Å². The second-order valence-electron chi connectivity index (χ2n) is 6.89. The average Bonchev–Trinajstić information content (AvgIpc) is 3.17. The summed E-state index contributed by atoms with van der Waals surface area (Å²) in [5.74, 6) is -0.142. The van der Waals surface area contributed by atoms with Crippen molar-refractivity contribution < 1.29 is 19.1 Å². The number of methoxy groups -OCH3 is 1. The first-order valence-corrected chi connectivity index (χ1v) is 9.03. The van der Waals surface area contributed by atoms with E-state index >= 15 is 0 Å². The lowest BCUT2D eigenvalue weighted by Gasteiger charge is -2.29. The summed E-state index contributed by atoms with van der Waals surface area (Å²) >= 11 is 0. The zero-order chi connectivity index (χ0) is 19.1. The van der Waals surface area contributed by atoms with E-state index in [1.807, 2.05) is 6.07 Å². The van der Waals surface area contributed by atoms with Crippen molar-refractivity contribution in [2.45, 2.75) is 38.0 Å². The van der Waals surface area contributed by atoms with Crippen molar-refractivity contribution >= 4 is 28.6 Å². The molecule has 142 valence electrons. The number of pyridine rings is 1. The van der Waals surface area contributed by atoms with Crippen molar-refractivity contribution in [1.82, 2.24) is 10.3 Å². The third-order valence-corrected chi connectivity index (χ3v) is 5.32. The van der Waals surface area contributed by atoms with Crippen LogP contribution in [-0.2, 0) is 4.74 Å². The Kier molecular flexibility index (Phi) is 4.25. The standard InChI is InChI=1S/C19H22N4O4/c1-3-4-15-17-13(22-19(25)27-17)9-23(15)14-5-6-21-12-7-11(18(20)24)16(26-2)8-10(12)14/h5-8,13,15,17H,3-4,9H2,1-2H3,(H2,20,24)(H,22,25)/t13-,15-,17-/m1/s1. The fourth-order valence-corrected chi connectivity index (χ4v) is 4.16. The summed E-state index contributed by atoms with van der Waals surface area (Å²) < 4.78 is 10.9. The van der Waals surface area contributed by atoms with Crippen LogP contribution < -0.4 is 20.7 Å². The van der Waals surface area contributed by atoms with Gasteiger partial charge in [0.25, 0.3) is 5.91 Å². The van der Waals surface area contributed by atoms with Gasteiger partial charge in [-0.3, -0.25) is 9.78 Å². The molecule has 0 unspecified atom stereocenters. The molecule has 1 aromatic heterocycles. The Bertz CT molecular complexity index is 916. The molecule has 2 amide bonds. The highest BCUT2D eigenvalue weighted by Crippen LogP contribution is 2.38. The van der Waals surface area contributed by atoms with Crippen LogP contribution in [0, 0.1) is 0 Å². The van der Waals surface area contributed by atoms with Crippen molar-refractivity contribution in [3.05, 3.63) is 30.0 Å². The molecule has 2 fully saturated rings. The van der Waals surface area contributed by atoms with E-state index in [9.17, 15) is 9.59 Å². The Hall–Kier alpha value is -3.03. The summed E-state index contributed by atoms with van der Waals surface area (Å²) in [6, 6.07) is 5.44. The third-order valence-electron chi connectivity index (χ3n) is 5.32. The van der Waals surface area contributed by atoms with Gasteiger partial charge < -0.3 is 25.4 Å². The molecule has 2 aliphatic heterocycles. The second-order valence-corrected chi connectivity index (χ2v) is 6.89. The summed E-state index contributed by atoms with van der Waals surface area (Å²) in [6.45, 7) is 2.77. The topological polar surface area (TPSA) is 107 Å². The molecule has 2 aromatic rings. The summed E-state index contributed by atoms with van der Waals surface area (Å²) in [5, 5.41) is 3.76. The molecule has 27 heavy (non-hydrogen) atoms. The van der Waals surface area contributed by atoms with Crippen LogP contribution in [-0.4, -0.2) is 48.8 Å². The normalized spacial score (nSPS) is 23.9. The van der Waals surface area contributed by atoms with Crippen LogP contribution in [0.1, 0.15) is 30.1 Å². The molecule has 8 nitrogen and oxygen atoms in total. The quantitative estimate of drug-likeness (QED) is 0.831. The minimum absolute atomic E-state index is 0.0379. The van der Waals surface area contributed by atoms with Crippen LogP contribution >= 0.6 is 0 Å². The maximum Gasteiger partial charge on any atom is 0.407 e. The number of rotatable bonds is 5. The number of aromatic nitrogens is 1. The first-order chi connectivity index (χ1) is 13.0. The van der Waals surface area contributed by atoms with Crippen molar-refractivity contribution in [1.29, 1.82) is 0 Å². The van der Waals surface area contributed by atoms with E-state index in [4.69, 9.17) is 15.2 Å². The van der Waals surface area contributed by atoms with Crippen molar-refractivity contribution in [2.24, 2.45) is 5.73 Å². The maximum atomic E-state index is 11.7. The summed E-state index contributed by atoms with van der Waals surface area (Å²) in [4.78, 5) is 30.0. The van der Waals surface area contributed by atoms with Gasteiger partial charge in [-0.1, -0.05) is 13.3 Å². The highest BCUT2D eigenvalue weighted by atomic mass is 16.6. The van der Waals surface area contributed by atoms with E-state index in [-0.39, 0.29) is 24.3 Å². The number of anilines is 1. The fourth-order valence-electron chi connectivity index (χ4n) is 4.16. The van der Waals surface area contributed by atoms with E-state index in [0.29, 0.717) is 23.4 Å². The van der Waals surface area contributed by atoms with Crippen molar-refractivity contribution in [2.75, 3.05) is 18.6 Å². The Morgan fingerprint density at radius 1 is 1.48 bits per heavy atom. The van der Waals surface area contributed by atoms with Gasteiger partial charge >= 0.3 is 6.09 Å². The van der Waals surface area contributed by atoms with Gasteiger partial charge in [0.05, 0.1) is 30.3 Å². The van der Waals surface area contributed by atoms with Gasteiger partial charge in [0.2, 0.25) is 0 Å². The van der Waals surface area contributed by atoms with Gasteiger partial charge in [-0.2, -0.15) is 0 Å². The van der Waals surface area contributed by atoms with Crippen molar-refractivity contribution in [3.63, 3.8) is 0 Å². The number of nitrogens with zero attached hydrogens (tertiary/aromatic N) is 2. The van der Waals surface area contributed by atoms with Crippen LogP contribution in [0.4, 0.5) is 10.5 Å². The van der Waals surface area contributed by atoms with E-state index in [1.54, 1.807) is 18.3 Å². The largest absolute Gasteiger partial charge is 0.496 e. The number of benzene rings is 1. The minimum atomic E-state index is -0.559. The molecule has 0 aliphatic carbocycles. The van der Waals surface area contributed by atoms with Gasteiger partial charge in [0.15, 0.2) is 0 Å². The first-order valence-electron chi connectivity index (χ1n) is 9.03. The molecule has 0 bridgehead atoms. The van der Waals surface area contributed by atoms with Crippen LogP contribution in [0.2, 0.25) is 0 Å². The van der Waals surface area contributed by atoms with Gasteiger partial charge in [-0.25, -0.2) is 4.79 Å². The number of nitrogens with two attached hydrogens (primary N) is 1. The van der Waals surface area contributed by atoms with E-state index in [0.717, 1.165) is 23.9 Å². The maximum absolute atomic E-state index is 11.7. The minimum Gasteiger partial charge on any atom is -0.496 e. The number of alkyl carbamates (subject to hydrolysis) is 1. The Morgan fingerprint density at radius 2 is 2.30 bits per heavy atom. The predicted octanol–water partition coefficient (Wildman–Crippen LogP) is 1.81. The van der Waals surface area contributed by atoms with Crippen LogP contribution in [0.5, 0.6) is 5.75 Å². The molecule has 2 saturated heterocycles. The molecule has 3 N–H and O–H groups in total. The molecule has 0 radical (unpaired) electrons. The van der Waals surface area contributed by atoms with Crippen LogP contribution in [0.3, 0.4) is 0 Å². The number of carbonyl (C=O) groups is 2. The van der Waals surface area contributed by atoms with E-state index in [2.05, 4.69) is 22.1 Å². The van der Waals surface area contributed by atoms with E-state index in [1.165, 1.54) is 7.11 Å². The number of nitrogens with one attached hydrogen (secondary N) is 1. The molecular weight excluding hydrogens is 348 g/mol. The van der Waals surface area contributed by atoms with Crippen LogP contribution in [0.15, 0.2) is 24.4 Å². The molecule has 8 heteroatoms. The average molecular weight is 370 g/mol. The molecule has 0 saturated carbocycles. The number of amides is 2.